The second kappa shape index (κ2) is 7.97. The summed E-state index contributed by atoms with van der Waals surface area (Å²) in [6, 6.07) is 0. The first kappa shape index (κ1) is 17.7. The van der Waals surface area contributed by atoms with E-state index in [0.29, 0.717) is 25.7 Å². The lowest BCUT2D eigenvalue weighted by molar-refractivity contribution is -0.129. The number of rotatable bonds is 5. The van der Waals surface area contributed by atoms with Gasteiger partial charge in [0, 0.05) is 31.2 Å². The number of nitrogens with one attached hydrogen (secondary N) is 1. The zero-order valence-electron chi connectivity index (χ0n) is 11.7. The average molecular weight is 279 g/mol. The molecule has 0 saturated carbocycles. The van der Waals surface area contributed by atoms with Crippen LogP contribution in [0.25, 0.3) is 0 Å². The average Bonchev–Trinajstić information content (AvgIpc) is 2.29. The van der Waals surface area contributed by atoms with Crippen molar-refractivity contribution in [2.24, 2.45) is 17.6 Å². The summed E-state index contributed by atoms with van der Waals surface area (Å²) in [4.78, 5) is 12.1. The van der Waals surface area contributed by atoms with Crippen molar-refractivity contribution in [3.8, 4) is 0 Å². The Bertz CT molecular complexity index is 255. The second-order valence-corrected chi connectivity index (χ2v) is 5.74. The van der Waals surface area contributed by atoms with Gasteiger partial charge in [-0.15, -0.1) is 12.4 Å². The largest absolute Gasteiger partial charge is 0.381 e. The standard InChI is InChI=1S/C13H26N2O2.ClH/c1-10(2)8-13(3,9-14)15-12(16)11-4-6-17-7-5-11;/h10-11H,4-9,14H2,1-3H3,(H,15,16);1H. The fraction of sp³-hybridized carbons (Fsp3) is 0.923. The number of amides is 1. The van der Waals surface area contributed by atoms with Crippen molar-refractivity contribution in [2.75, 3.05) is 19.8 Å². The van der Waals surface area contributed by atoms with E-state index < -0.39 is 0 Å². The van der Waals surface area contributed by atoms with Crippen LogP contribution in [0.15, 0.2) is 0 Å². The van der Waals surface area contributed by atoms with Crippen LogP contribution in [0, 0.1) is 11.8 Å². The maximum absolute atomic E-state index is 12.1. The Hall–Kier alpha value is -0.320. The first-order valence-electron chi connectivity index (χ1n) is 6.56. The minimum Gasteiger partial charge on any atom is -0.381 e. The molecule has 0 aromatic heterocycles. The van der Waals surface area contributed by atoms with Crippen LogP contribution >= 0.6 is 12.4 Å². The SMILES string of the molecule is CC(C)CC(C)(CN)NC(=O)C1CCOCC1.Cl. The first-order chi connectivity index (χ1) is 7.97. The zero-order chi connectivity index (χ0) is 12.9. The van der Waals surface area contributed by atoms with Crippen LogP contribution < -0.4 is 11.1 Å². The van der Waals surface area contributed by atoms with Crippen molar-refractivity contribution in [2.45, 2.75) is 45.6 Å². The van der Waals surface area contributed by atoms with Gasteiger partial charge in [0.25, 0.3) is 0 Å². The first-order valence-corrected chi connectivity index (χ1v) is 6.56. The summed E-state index contributed by atoms with van der Waals surface area (Å²) < 4.78 is 5.27. The normalized spacial score (nSPS) is 20.1. The molecule has 0 aliphatic carbocycles. The lowest BCUT2D eigenvalue weighted by Gasteiger charge is -2.33. The highest BCUT2D eigenvalue weighted by molar-refractivity contribution is 5.85. The zero-order valence-corrected chi connectivity index (χ0v) is 12.5. The summed E-state index contributed by atoms with van der Waals surface area (Å²) in [5, 5.41) is 3.12. The van der Waals surface area contributed by atoms with E-state index in [1.54, 1.807) is 0 Å². The molecule has 108 valence electrons. The van der Waals surface area contributed by atoms with Gasteiger partial charge in [-0.2, -0.15) is 0 Å². The molecule has 4 nitrogen and oxygen atoms in total. The molecule has 1 atom stereocenters. The van der Waals surface area contributed by atoms with E-state index in [4.69, 9.17) is 10.5 Å². The topological polar surface area (TPSA) is 64.3 Å². The van der Waals surface area contributed by atoms with Gasteiger partial charge >= 0.3 is 0 Å². The molecule has 18 heavy (non-hydrogen) atoms. The Labute approximate surface area is 116 Å². The van der Waals surface area contributed by atoms with Gasteiger partial charge < -0.3 is 15.8 Å². The van der Waals surface area contributed by atoms with Gasteiger partial charge in [-0.25, -0.2) is 0 Å². The molecule has 1 unspecified atom stereocenters. The number of hydrogen-bond donors (Lipinski definition) is 2. The third kappa shape index (κ3) is 5.55. The molecule has 0 aromatic carbocycles. The molecule has 1 aliphatic heterocycles. The smallest absolute Gasteiger partial charge is 0.223 e. The molecule has 0 radical (unpaired) electrons. The van der Waals surface area contributed by atoms with E-state index in [-0.39, 0.29) is 29.8 Å². The van der Waals surface area contributed by atoms with Crippen molar-refractivity contribution in [3.63, 3.8) is 0 Å². The minimum atomic E-state index is -0.274. The molecular weight excluding hydrogens is 252 g/mol. The maximum Gasteiger partial charge on any atom is 0.223 e. The van der Waals surface area contributed by atoms with E-state index in [9.17, 15) is 4.79 Å². The Morgan fingerprint density at radius 2 is 2.00 bits per heavy atom. The summed E-state index contributed by atoms with van der Waals surface area (Å²) >= 11 is 0. The lowest BCUT2D eigenvalue weighted by Crippen LogP contribution is -2.54. The quantitative estimate of drug-likeness (QED) is 0.805. The summed E-state index contributed by atoms with van der Waals surface area (Å²) in [5.74, 6) is 0.766. The number of hydrogen-bond acceptors (Lipinski definition) is 3. The highest BCUT2D eigenvalue weighted by Gasteiger charge is 2.30. The Morgan fingerprint density at radius 1 is 1.44 bits per heavy atom. The van der Waals surface area contributed by atoms with Gasteiger partial charge in [0.15, 0.2) is 0 Å². The molecule has 1 heterocycles. The Morgan fingerprint density at radius 3 is 2.44 bits per heavy atom. The van der Waals surface area contributed by atoms with Crippen LogP contribution in [-0.2, 0) is 9.53 Å². The predicted molar refractivity (Wildman–Crippen MR) is 75.8 cm³/mol. The van der Waals surface area contributed by atoms with E-state index in [0.717, 1.165) is 19.3 Å². The molecule has 1 fully saturated rings. The summed E-state index contributed by atoms with van der Waals surface area (Å²) in [7, 11) is 0. The van der Waals surface area contributed by atoms with Gasteiger partial charge in [-0.1, -0.05) is 13.8 Å². The van der Waals surface area contributed by atoms with E-state index in [2.05, 4.69) is 19.2 Å². The number of ether oxygens (including phenoxy) is 1. The van der Waals surface area contributed by atoms with Gasteiger partial charge in [-0.3, -0.25) is 4.79 Å². The third-order valence-corrected chi connectivity index (χ3v) is 3.33. The van der Waals surface area contributed by atoms with Crippen LogP contribution in [0.2, 0.25) is 0 Å². The van der Waals surface area contributed by atoms with E-state index in [1.807, 2.05) is 6.92 Å². The van der Waals surface area contributed by atoms with E-state index in [1.165, 1.54) is 0 Å². The van der Waals surface area contributed by atoms with Crippen molar-refractivity contribution < 1.29 is 9.53 Å². The van der Waals surface area contributed by atoms with Crippen molar-refractivity contribution in [3.05, 3.63) is 0 Å². The lowest BCUT2D eigenvalue weighted by atomic mass is 9.89. The summed E-state index contributed by atoms with van der Waals surface area (Å²) in [6.45, 7) is 8.20. The van der Waals surface area contributed by atoms with Crippen LogP contribution in [-0.4, -0.2) is 31.2 Å². The molecule has 1 aliphatic rings. The Kier molecular flexibility index (Phi) is 7.83. The molecular formula is C13H27ClN2O2. The van der Waals surface area contributed by atoms with Crippen molar-refractivity contribution >= 4 is 18.3 Å². The molecule has 1 saturated heterocycles. The molecule has 0 bridgehead atoms. The second-order valence-electron chi connectivity index (χ2n) is 5.74. The van der Waals surface area contributed by atoms with Crippen LogP contribution in [0.5, 0.6) is 0 Å². The number of carbonyl (C=O) groups is 1. The number of halogens is 1. The van der Waals surface area contributed by atoms with Gasteiger partial charge in [-0.05, 0) is 32.1 Å². The fourth-order valence-electron chi connectivity index (χ4n) is 2.45. The van der Waals surface area contributed by atoms with Gasteiger partial charge in [0.05, 0.1) is 0 Å². The van der Waals surface area contributed by atoms with Gasteiger partial charge in [0.2, 0.25) is 5.91 Å². The van der Waals surface area contributed by atoms with Crippen LogP contribution in [0.3, 0.4) is 0 Å². The highest BCUT2D eigenvalue weighted by Crippen LogP contribution is 2.19. The molecule has 0 spiro atoms. The highest BCUT2D eigenvalue weighted by atomic mass is 35.5. The fourth-order valence-corrected chi connectivity index (χ4v) is 2.45. The summed E-state index contributed by atoms with van der Waals surface area (Å²) in [5.41, 5.74) is 5.52. The molecule has 3 N–H and O–H groups in total. The monoisotopic (exact) mass is 278 g/mol. The number of nitrogens with two attached hydrogens (primary N) is 1. The van der Waals surface area contributed by atoms with Crippen molar-refractivity contribution in [1.82, 2.24) is 5.32 Å². The molecule has 1 amide bonds. The minimum absolute atomic E-state index is 0. The van der Waals surface area contributed by atoms with E-state index >= 15 is 0 Å². The maximum atomic E-state index is 12.1. The van der Waals surface area contributed by atoms with Crippen LogP contribution in [0.1, 0.15) is 40.0 Å². The molecule has 0 aromatic rings. The number of carbonyl (C=O) groups excluding carboxylic acids is 1. The third-order valence-electron chi connectivity index (χ3n) is 3.33. The van der Waals surface area contributed by atoms with Crippen molar-refractivity contribution in [1.29, 1.82) is 0 Å². The Balaban J connectivity index is 0.00000289. The predicted octanol–water partition coefficient (Wildman–Crippen LogP) is 1.71. The molecule has 1 rings (SSSR count). The van der Waals surface area contributed by atoms with Gasteiger partial charge in [0.1, 0.15) is 0 Å². The molecule has 5 heteroatoms. The van der Waals surface area contributed by atoms with Crippen LogP contribution in [0.4, 0.5) is 0 Å². The summed E-state index contributed by atoms with van der Waals surface area (Å²) in [6.07, 6.45) is 2.57.